The topological polar surface area (TPSA) is 20.2 Å². The van der Waals surface area contributed by atoms with Crippen molar-refractivity contribution in [3.8, 4) is 0 Å². The first kappa shape index (κ1) is 12.3. The molecule has 0 aliphatic carbocycles. The van der Waals surface area contributed by atoms with Gasteiger partial charge < -0.3 is 5.11 Å². The molecule has 17 heavy (non-hydrogen) atoms. The van der Waals surface area contributed by atoms with Crippen LogP contribution in [0.1, 0.15) is 29.7 Å². The third-order valence-corrected chi connectivity index (χ3v) is 3.65. The first-order chi connectivity index (χ1) is 8.24. The summed E-state index contributed by atoms with van der Waals surface area (Å²) >= 11 is 3.48. The monoisotopic (exact) mass is 290 g/mol. The highest BCUT2D eigenvalue weighted by molar-refractivity contribution is 9.10. The zero-order valence-corrected chi connectivity index (χ0v) is 11.3. The van der Waals surface area contributed by atoms with Crippen LogP contribution in [0, 0.1) is 0 Å². The molecule has 0 heterocycles. The summed E-state index contributed by atoms with van der Waals surface area (Å²) < 4.78 is 0.943. The number of rotatable bonds is 3. The zero-order valence-electron chi connectivity index (χ0n) is 9.73. The number of halogens is 1. The summed E-state index contributed by atoms with van der Waals surface area (Å²) in [7, 11) is 0. The standard InChI is InChI=1S/C15H15BrO/c1-2-11-7-3-4-8-12(11)15(17)13-9-5-6-10-14(13)16/h3-10,15,17H,2H2,1H3. The fourth-order valence-corrected chi connectivity index (χ4v) is 2.49. The second-order valence-corrected chi connectivity index (χ2v) is 4.83. The van der Waals surface area contributed by atoms with Gasteiger partial charge in [0.2, 0.25) is 0 Å². The van der Waals surface area contributed by atoms with Crippen LogP contribution in [0.4, 0.5) is 0 Å². The maximum absolute atomic E-state index is 10.5. The fourth-order valence-electron chi connectivity index (χ4n) is 1.99. The van der Waals surface area contributed by atoms with Gasteiger partial charge in [0.15, 0.2) is 0 Å². The molecule has 0 bridgehead atoms. The molecule has 0 aliphatic heterocycles. The minimum Gasteiger partial charge on any atom is -0.384 e. The van der Waals surface area contributed by atoms with Crippen molar-refractivity contribution >= 4 is 15.9 Å². The van der Waals surface area contributed by atoms with E-state index in [2.05, 4.69) is 28.9 Å². The average molecular weight is 291 g/mol. The average Bonchev–Trinajstić information content (AvgIpc) is 2.38. The molecule has 2 rings (SSSR count). The van der Waals surface area contributed by atoms with Gasteiger partial charge in [0.25, 0.3) is 0 Å². The van der Waals surface area contributed by atoms with E-state index in [1.165, 1.54) is 5.56 Å². The van der Waals surface area contributed by atoms with Crippen molar-refractivity contribution in [2.24, 2.45) is 0 Å². The highest BCUT2D eigenvalue weighted by atomic mass is 79.9. The molecule has 2 heteroatoms. The van der Waals surface area contributed by atoms with Crippen molar-refractivity contribution in [3.05, 3.63) is 69.7 Å². The second kappa shape index (κ2) is 5.48. The normalized spacial score (nSPS) is 12.4. The van der Waals surface area contributed by atoms with Gasteiger partial charge in [0.1, 0.15) is 6.10 Å². The first-order valence-corrected chi connectivity index (χ1v) is 6.53. The van der Waals surface area contributed by atoms with Crippen molar-refractivity contribution in [2.75, 3.05) is 0 Å². The number of hydrogen-bond donors (Lipinski definition) is 1. The first-order valence-electron chi connectivity index (χ1n) is 5.74. The summed E-state index contributed by atoms with van der Waals surface area (Å²) in [5, 5.41) is 10.5. The molecule has 1 atom stereocenters. The zero-order chi connectivity index (χ0) is 12.3. The van der Waals surface area contributed by atoms with Crippen molar-refractivity contribution in [1.29, 1.82) is 0 Å². The van der Waals surface area contributed by atoms with E-state index in [9.17, 15) is 5.11 Å². The van der Waals surface area contributed by atoms with Crippen LogP contribution in [0.5, 0.6) is 0 Å². The van der Waals surface area contributed by atoms with Crippen LogP contribution < -0.4 is 0 Å². The SMILES string of the molecule is CCc1ccccc1C(O)c1ccccc1Br. The third-order valence-electron chi connectivity index (χ3n) is 2.93. The lowest BCUT2D eigenvalue weighted by Crippen LogP contribution is -2.03. The van der Waals surface area contributed by atoms with Crippen LogP contribution in [-0.2, 0) is 6.42 Å². The van der Waals surface area contributed by atoms with Crippen molar-refractivity contribution in [1.82, 2.24) is 0 Å². The van der Waals surface area contributed by atoms with Crippen LogP contribution >= 0.6 is 15.9 Å². The molecule has 1 nitrogen and oxygen atoms in total. The summed E-state index contributed by atoms with van der Waals surface area (Å²) in [5.41, 5.74) is 3.09. The van der Waals surface area contributed by atoms with Gasteiger partial charge in [0, 0.05) is 4.47 Å². The van der Waals surface area contributed by atoms with Crippen molar-refractivity contribution < 1.29 is 5.11 Å². The van der Waals surface area contributed by atoms with Gasteiger partial charge in [0.05, 0.1) is 0 Å². The molecular weight excluding hydrogens is 276 g/mol. The Morgan fingerprint density at radius 2 is 1.59 bits per heavy atom. The molecule has 0 fully saturated rings. The number of hydrogen-bond acceptors (Lipinski definition) is 1. The molecule has 1 unspecified atom stereocenters. The molecule has 88 valence electrons. The van der Waals surface area contributed by atoms with E-state index in [4.69, 9.17) is 0 Å². The lowest BCUT2D eigenvalue weighted by Gasteiger charge is -2.16. The smallest absolute Gasteiger partial charge is 0.105 e. The lowest BCUT2D eigenvalue weighted by molar-refractivity contribution is 0.218. The van der Waals surface area contributed by atoms with Gasteiger partial charge in [-0.05, 0) is 29.2 Å². The van der Waals surface area contributed by atoms with E-state index in [-0.39, 0.29) is 0 Å². The van der Waals surface area contributed by atoms with Crippen LogP contribution in [0.15, 0.2) is 53.0 Å². The maximum atomic E-state index is 10.5. The number of benzene rings is 2. The lowest BCUT2D eigenvalue weighted by atomic mass is 9.96. The number of aryl methyl sites for hydroxylation is 1. The largest absolute Gasteiger partial charge is 0.384 e. The van der Waals surface area contributed by atoms with Gasteiger partial charge >= 0.3 is 0 Å². The molecule has 0 aliphatic rings. The molecule has 0 saturated carbocycles. The summed E-state index contributed by atoms with van der Waals surface area (Å²) in [6, 6.07) is 15.8. The molecule has 2 aromatic carbocycles. The Labute approximate surface area is 110 Å². The minimum atomic E-state index is -0.568. The Kier molecular flexibility index (Phi) is 3.97. The van der Waals surface area contributed by atoms with Gasteiger partial charge in [-0.1, -0.05) is 65.3 Å². The molecule has 2 aromatic rings. The van der Waals surface area contributed by atoms with Crippen LogP contribution in [0.2, 0.25) is 0 Å². The van der Waals surface area contributed by atoms with E-state index >= 15 is 0 Å². The van der Waals surface area contributed by atoms with E-state index < -0.39 is 6.10 Å². The van der Waals surface area contributed by atoms with Crippen LogP contribution in [0.25, 0.3) is 0 Å². The third kappa shape index (κ3) is 2.59. The maximum Gasteiger partial charge on any atom is 0.105 e. The van der Waals surface area contributed by atoms with Gasteiger partial charge in [-0.25, -0.2) is 0 Å². The van der Waals surface area contributed by atoms with E-state index in [0.717, 1.165) is 22.0 Å². The van der Waals surface area contributed by atoms with Crippen LogP contribution in [0.3, 0.4) is 0 Å². The number of aliphatic hydroxyl groups is 1. The number of aliphatic hydroxyl groups excluding tert-OH is 1. The molecule has 0 aromatic heterocycles. The van der Waals surface area contributed by atoms with E-state index in [0.29, 0.717) is 0 Å². The molecular formula is C15H15BrO. The summed E-state index contributed by atoms with van der Waals surface area (Å²) in [6.07, 6.45) is 0.360. The summed E-state index contributed by atoms with van der Waals surface area (Å²) in [4.78, 5) is 0. The Hall–Kier alpha value is -1.12. The van der Waals surface area contributed by atoms with Gasteiger partial charge in [-0.15, -0.1) is 0 Å². The highest BCUT2D eigenvalue weighted by Crippen LogP contribution is 2.30. The Balaban J connectivity index is 2.44. The summed E-state index contributed by atoms with van der Waals surface area (Å²) in [6.45, 7) is 2.10. The van der Waals surface area contributed by atoms with Crippen molar-refractivity contribution in [2.45, 2.75) is 19.4 Å². The molecule has 0 radical (unpaired) electrons. The van der Waals surface area contributed by atoms with Gasteiger partial charge in [-0.2, -0.15) is 0 Å². The van der Waals surface area contributed by atoms with Crippen LogP contribution in [-0.4, -0.2) is 5.11 Å². The Morgan fingerprint density at radius 1 is 1.00 bits per heavy atom. The molecule has 1 N–H and O–H groups in total. The quantitative estimate of drug-likeness (QED) is 0.903. The minimum absolute atomic E-state index is 0.568. The molecule has 0 spiro atoms. The van der Waals surface area contributed by atoms with E-state index in [1.54, 1.807) is 0 Å². The summed E-state index contributed by atoms with van der Waals surface area (Å²) in [5.74, 6) is 0. The molecule has 0 amide bonds. The van der Waals surface area contributed by atoms with Gasteiger partial charge in [-0.3, -0.25) is 0 Å². The highest BCUT2D eigenvalue weighted by Gasteiger charge is 2.15. The fraction of sp³-hybridized carbons (Fsp3) is 0.200. The predicted octanol–water partition coefficient (Wildman–Crippen LogP) is 4.09. The predicted molar refractivity (Wildman–Crippen MR) is 74.0 cm³/mol. The molecule has 0 saturated heterocycles. The second-order valence-electron chi connectivity index (χ2n) is 3.98. The van der Waals surface area contributed by atoms with Crippen molar-refractivity contribution in [3.63, 3.8) is 0 Å². The Morgan fingerprint density at radius 3 is 2.24 bits per heavy atom. The Bertz CT molecular complexity index is 508. The van der Waals surface area contributed by atoms with E-state index in [1.807, 2.05) is 42.5 Å².